The Balaban J connectivity index is 1.42. The highest BCUT2D eigenvalue weighted by molar-refractivity contribution is 5.77. The summed E-state index contributed by atoms with van der Waals surface area (Å²) in [5, 5.41) is 137. The number of amides is 2. The van der Waals surface area contributed by atoms with Crippen LogP contribution in [-0.2, 0) is 42.8 Å². The van der Waals surface area contributed by atoms with Gasteiger partial charge in [0.15, 0.2) is 12.6 Å². The summed E-state index contributed by atoms with van der Waals surface area (Å²) < 4.78 is 35.0. The van der Waals surface area contributed by atoms with Gasteiger partial charge < -0.3 is 100 Å². The van der Waals surface area contributed by atoms with Crippen molar-refractivity contribution < 1.29 is 104 Å². The first kappa shape index (κ1) is 97.9. The lowest BCUT2D eigenvalue weighted by Gasteiger charge is -2.50. The van der Waals surface area contributed by atoms with E-state index in [-0.39, 0.29) is 18.9 Å². The molecule has 3 heterocycles. The number of aliphatic carboxylic acids is 1. The number of aliphatic hydroxyl groups excluding tert-OH is 11. The molecule has 14 N–H and O–H groups in total. The Morgan fingerprint density at radius 1 is 0.453 bits per heavy atom. The average molecular weight is 1520 g/mol. The first-order valence-corrected chi connectivity index (χ1v) is 43.4. The molecule has 0 aliphatic carbocycles. The van der Waals surface area contributed by atoms with E-state index in [0.29, 0.717) is 19.3 Å². The predicted molar refractivity (Wildman–Crippen MR) is 412 cm³/mol. The standard InChI is InChI=1S/C83H158N2O21/c1-4-6-8-10-12-14-16-18-20-22-23-24-25-26-27-28-29-30-31-32-33-34-35-36-37-38-39-41-43-45-47-49-51-53-55-57-70(93)85-64(65(90)56-54-52-50-48-46-44-42-40-21-19-17-15-13-11-9-7-5-2)62-101-80-75(97)74(96)77(69(61-88)103-80)104-81-76(98)79(73(95)68(60-87)102-81)106-83(82(99)100)58-66(91)71(84-63(3)89)78(105-83)72(94)67(92)59-86/h64-69,71-81,86-88,90-92,94-98H,4-62H2,1-3H3,(H,84,89)(H,85,93)(H,99,100). The molecule has 626 valence electrons. The molecule has 2 amide bonds. The van der Waals surface area contributed by atoms with Gasteiger partial charge in [-0.2, -0.15) is 0 Å². The number of rotatable bonds is 70. The van der Waals surface area contributed by atoms with Gasteiger partial charge in [0.2, 0.25) is 11.8 Å². The fourth-order valence-electron chi connectivity index (χ4n) is 15.5. The van der Waals surface area contributed by atoms with Crippen molar-refractivity contribution in [3.8, 4) is 0 Å². The highest BCUT2D eigenvalue weighted by Crippen LogP contribution is 2.39. The van der Waals surface area contributed by atoms with Crippen LogP contribution in [0, 0.1) is 0 Å². The summed E-state index contributed by atoms with van der Waals surface area (Å²) in [6.07, 6.45) is 38.4. The summed E-state index contributed by atoms with van der Waals surface area (Å²) in [6.45, 7) is 2.27. The third kappa shape index (κ3) is 41.5. The number of aliphatic hydroxyl groups is 11. The normalized spacial score (nSPS) is 26.0. The molecule has 0 aromatic heterocycles. The maximum absolute atomic E-state index is 13.6. The maximum Gasteiger partial charge on any atom is 0.364 e. The minimum absolute atomic E-state index is 0.230. The van der Waals surface area contributed by atoms with E-state index in [1.165, 1.54) is 276 Å². The third-order valence-electron chi connectivity index (χ3n) is 22.3. The zero-order chi connectivity index (χ0) is 77.4. The quantitative estimate of drug-likeness (QED) is 0.0252. The number of hydrogen-bond donors (Lipinski definition) is 14. The van der Waals surface area contributed by atoms with Gasteiger partial charge in [-0.3, -0.25) is 9.59 Å². The number of carbonyl (C=O) groups excluding carboxylic acids is 2. The van der Waals surface area contributed by atoms with Gasteiger partial charge in [0, 0.05) is 19.8 Å². The first-order valence-electron chi connectivity index (χ1n) is 43.4. The van der Waals surface area contributed by atoms with Gasteiger partial charge in [0.25, 0.3) is 5.79 Å². The molecule has 3 saturated heterocycles. The minimum atomic E-state index is -3.08. The number of nitrogens with one attached hydrogen (secondary N) is 2. The summed E-state index contributed by atoms with van der Waals surface area (Å²) in [4.78, 5) is 38.7. The Hall–Kier alpha value is -2.27. The lowest BCUT2D eigenvalue weighted by atomic mass is 9.88. The van der Waals surface area contributed by atoms with E-state index in [0.717, 1.165) is 51.9 Å². The van der Waals surface area contributed by atoms with E-state index in [9.17, 15) is 75.7 Å². The van der Waals surface area contributed by atoms with Crippen LogP contribution < -0.4 is 10.6 Å². The molecule has 0 spiro atoms. The number of carboxylic acids is 1. The van der Waals surface area contributed by atoms with Crippen molar-refractivity contribution in [1.82, 2.24) is 10.6 Å². The molecule has 0 saturated carbocycles. The zero-order valence-electron chi connectivity index (χ0n) is 66.6. The molecule has 3 aliphatic rings. The Labute approximate surface area is 639 Å². The fraction of sp³-hybridized carbons (Fsp3) is 0.964. The average Bonchev–Trinajstić information content (AvgIpc) is 0.753. The summed E-state index contributed by atoms with van der Waals surface area (Å²) in [6, 6.07) is -2.53. The molecule has 18 atom stereocenters. The van der Waals surface area contributed by atoms with Gasteiger partial charge in [-0.15, -0.1) is 0 Å². The van der Waals surface area contributed by atoms with E-state index < -0.39 is 148 Å². The van der Waals surface area contributed by atoms with Crippen LogP contribution in [0.1, 0.15) is 374 Å². The minimum Gasteiger partial charge on any atom is -0.477 e. The Morgan fingerprint density at radius 3 is 1.18 bits per heavy atom. The van der Waals surface area contributed by atoms with Crippen LogP contribution in [0.15, 0.2) is 0 Å². The van der Waals surface area contributed by atoms with E-state index in [1.54, 1.807) is 0 Å². The second-order valence-corrected chi connectivity index (χ2v) is 31.8. The van der Waals surface area contributed by atoms with Crippen molar-refractivity contribution in [2.75, 3.05) is 26.4 Å². The van der Waals surface area contributed by atoms with E-state index in [2.05, 4.69) is 24.5 Å². The van der Waals surface area contributed by atoms with E-state index >= 15 is 0 Å². The van der Waals surface area contributed by atoms with Gasteiger partial charge in [0.05, 0.1) is 50.7 Å². The molecule has 3 aliphatic heterocycles. The number of ether oxygens (including phenoxy) is 6. The lowest BCUT2D eigenvalue weighted by molar-refractivity contribution is -0.386. The second-order valence-electron chi connectivity index (χ2n) is 31.8. The monoisotopic (exact) mass is 1520 g/mol. The SMILES string of the molecule is CCCCCCCCCCCCCCCCCCCCCCCCCCCCCCCCCCCCCC(=O)NC(COC1OC(CO)C(OC2OC(CO)C(O)C(OC3(C(=O)O)CC(O)C(NC(C)=O)C(C(O)C(O)CO)O3)C2O)C(O)C1O)C(O)CCCCCCCCCCCCCCCCCCC. The molecular formula is C83H158N2O21. The molecule has 3 fully saturated rings. The molecule has 0 bridgehead atoms. The Bertz CT molecular complexity index is 2110. The number of unbranched alkanes of at least 4 members (excludes halogenated alkanes) is 50. The van der Waals surface area contributed by atoms with Gasteiger partial charge >= 0.3 is 5.97 Å². The molecular weight excluding hydrogens is 1360 g/mol. The van der Waals surface area contributed by atoms with Crippen molar-refractivity contribution in [2.24, 2.45) is 0 Å². The van der Waals surface area contributed by atoms with Crippen LogP contribution in [0.4, 0.5) is 0 Å². The van der Waals surface area contributed by atoms with Crippen LogP contribution in [0.2, 0.25) is 0 Å². The molecule has 23 heteroatoms. The molecule has 0 radical (unpaired) electrons. The van der Waals surface area contributed by atoms with Crippen LogP contribution >= 0.6 is 0 Å². The first-order chi connectivity index (χ1) is 51.4. The van der Waals surface area contributed by atoms with Gasteiger partial charge in [-0.25, -0.2) is 4.79 Å². The molecule has 0 aromatic rings. The summed E-state index contributed by atoms with van der Waals surface area (Å²) >= 11 is 0. The summed E-state index contributed by atoms with van der Waals surface area (Å²) in [7, 11) is 0. The Morgan fingerprint density at radius 2 is 0.821 bits per heavy atom. The Kier molecular flexibility index (Phi) is 57.5. The van der Waals surface area contributed by atoms with Gasteiger partial charge in [-0.05, 0) is 12.8 Å². The van der Waals surface area contributed by atoms with Crippen molar-refractivity contribution >= 4 is 17.8 Å². The molecule has 0 aromatic carbocycles. The van der Waals surface area contributed by atoms with E-state index in [1.807, 2.05) is 0 Å². The van der Waals surface area contributed by atoms with Crippen molar-refractivity contribution in [3.63, 3.8) is 0 Å². The zero-order valence-corrected chi connectivity index (χ0v) is 66.6. The summed E-state index contributed by atoms with van der Waals surface area (Å²) in [5.41, 5.74) is 0. The van der Waals surface area contributed by atoms with E-state index in [4.69, 9.17) is 28.4 Å². The maximum atomic E-state index is 13.6. The van der Waals surface area contributed by atoms with Crippen LogP contribution in [0.5, 0.6) is 0 Å². The van der Waals surface area contributed by atoms with Gasteiger partial charge in [0.1, 0.15) is 67.1 Å². The van der Waals surface area contributed by atoms with Crippen LogP contribution in [0.3, 0.4) is 0 Å². The highest BCUT2D eigenvalue weighted by Gasteiger charge is 2.60. The van der Waals surface area contributed by atoms with Crippen molar-refractivity contribution in [3.05, 3.63) is 0 Å². The fourth-order valence-corrected chi connectivity index (χ4v) is 15.5. The number of carboxylic acid groups (broad SMARTS) is 1. The highest BCUT2D eigenvalue weighted by atomic mass is 16.8. The number of hydrogen-bond acceptors (Lipinski definition) is 20. The van der Waals surface area contributed by atoms with Crippen LogP contribution in [-0.4, -0.2) is 215 Å². The predicted octanol–water partition coefficient (Wildman–Crippen LogP) is 12.8. The van der Waals surface area contributed by atoms with Crippen LogP contribution in [0.25, 0.3) is 0 Å². The molecule has 106 heavy (non-hydrogen) atoms. The van der Waals surface area contributed by atoms with Crippen molar-refractivity contribution in [1.29, 1.82) is 0 Å². The molecule has 18 unspecified atom stereocenters. The largest absolute Gasteiger partial charge is 0.477 e. The van der Waals surface area contributed by atoms with Crippen molar-refractivity contribution in [2.45, 2.75) is 484 Å². The summed E-state index contributed by atoms with van der Waals surface area (Å²) in [5.74, 6) is -6.09. The molecule has 23 nitrogen and oxygen atoms in total. The van der Waals surface area contributed by atoms with Gasteiger partial charge in [-0.1, -0.05) is 341 Å². The topological polar surface area (TPSA) is 373 Å². The number of carbonyl (C=O) groups is 3. The second kappa shape index (κ2) is 62.2. The molecule has 3 rings (SSSR count). The lowest BCUT2D eigenvalue weighted by Crippen LogP contribution is -2.70. The smallest absolute Gasteiger partial charge is 0.364 e. The third-order valence-corrected chi connectivity index (χ3v) is 22.3.